The van der Waals surface area contributed by atoms with Gasteiger partial charge in [-0.3, -0.25) is 9.69 Å². The number of nitrogens with zero attached hydrogens (tertiary/aromatic N) is 2. The zero-order valence-electron chi connectivity index (χ0n) is 15.2. The van der Waals surface area contributed by atoms with E-state index in [2.05, 4.69) is 19.6 Å². The van der Waals surface area contributed by atoms with Crippen molar-refractivity contribution in [1.29, 1.82) is 0 Å². The molecule has 1 aromatic carbocycles. The summed E-state index contributed by atoms with van der Waals surface area (Å²) < 4.78 is 35.3. The summed E-state index contributed by atoms with van der Waals surface area (Å²) in [5, 5.41) is 1.85. The Labute approximate surface area is 163 Å². The molecule has 0 saturated heterocycles. The molecular formula is C19H19F2N3O3S. The quantitative estimate of drug-likeness (QED) is 0.616. The van der Waals surface area contributed by atoms with Crippen molar-refractivity contribution in [2.45, 2.75) is 38.6 Å². The molecule has 0 unspecified atom stereocenters. The second-order valence-corrected chi connectivity index (χ2v) is 7.56. The summed E-state index contributed by atoms with van der Waals surface area (Å²) in [6.45, 7) is -1.82. The first-order valence-corrected chi connectivity index (χ1v) is 9.73. The molecule has 4 rings (SSSR count). The number of benzene rings is 1. The molecule has 9 heteroatoms. The zero-order chi connectivity index (χ0) is 19.7. The number of nitrogens with one attached hydrogen (secondary N) is 1. The number of methoxy groups -OCH3 is 1. The van der Waals surface area contributed by atoms with Crippen LogP contribution >= 0.6 is 11.3 Å². The van der Waals surface area contributed by atoms with Gasteiger partial charge in [0, 0.05) is 12.6 Å². The predicted molar refractivity (Wildman–Crippen MR) is 102 cm³/mol. The largest absolute Gasteiger partial charge is 0.493 e. The van der Waals surface area contributed by atoms with E-state index < -0.39 is 6.61 Å². The van der Waals surface area contributed by atoms with Crippen LogP contribution in [0.25, 0.3) is 10.2 Å². The molecule has 6 nitrogen and oxygen atoms in total. The number of thiophene rings is 1. The highest BCUT2D eigenvalue weighted by Gasteiger charge is 2.30. The van der Waals surface area contributed by atoms with Crippen LogP contribution in [-0.2, 0) is 13.1 Å². The fraction of sp³-hybridized carbons (Fsp3) is 0.368. The van der Waals surface area contributed by atoms with Crippen molar-refractivity contribution in [1.82, 2.24) is 14.9 Å². The van der Waals surface area contributed by atoms with Gasteiger partial charge in [0.1, 0.15) is 10.5 Å². The molecule has 1 N–H and O–H groups in total. The second-order valence-electron chi connectivity index (χ2n) is 6.65. The number of ether oxygens (including phenoxy) is 2. The van der Waals surface area contributed by atoms with Crippen molar-refractivity contribution >= 4 is 21.6 Å². The molecule has 0 radical (unpaired) electrons. The fourth-order valence-electron chi connectivity index (χ4n) is 3.18. The van der Waals surface area contributed by atoms with Gasteiger partial charge >= 0.3 is 6.61 Å². The summed E-state index contributed by atoms with van der Waals surface area (Å²) in [4.78, 5) is 21.8. The molecule has 2 heterocycles. The van der Waals surface area contributed by atoms with E-state index in [1.54, 1.807) is 12.1 Å². The summed E-state index contributed by atoms with van der Waals surface area (Å²) in [5.41, 5.74) is 1.49. The molecule has 0 aliphatic heterocycles. The lowest BCUT2D eigenvalue weighted by molar-refractivity contribution is -0.0512. The van der Waals surface area contributed by atoms with E-state index in [-0.39, 0.29) is 17.1 Å². The topological polar surface area (TPSA) is 67.5 Å². The number of fused-ring (bicyclic) bond motifs is 1. The molecule has 3 aromatic rings. The van der Waals surface area contributed by atoms with E-state index >= 15 is 0 Å². The number of hydrogen-bond acceptors (Lipinski definition) is 6. The third-order valence-corrected chi connectivity index (χ3v) is 5.51. The second kappa shape index (κ2) is 7.84. The maximum Gasteiger partial charge on any atom is 0.387 e. The van der Waals surface area contributed by atoms with Crippen LogP contribution in [0.3, 0.4) is 0 Å². The average molecular weight is 407 g/mol. The van der Waals surface area contributed by atoms with Crippen LogP contribution in [0.1, 0.15) is 24.2 Å². The number of halogens is 2. The van der Waals surface area contributed by atoms with Gasteiger partial charge in [0.25, 0.3) is 5.56 Å². The summed E-state index contributed by atoms with van der Waals surface area (Å²) in [7, 11) is 1.42. The first kappa shape index (κ1) is 18.8. The van der Waals surface area contributed by atoms with Crippen LogP contribution in [0.4, 0.5) is 8.78 Å². The van der Waals surface area contributed by atoms with Crippen LogP contribution in [0.2, 0.25) is 0 Å². The Hall–Kier alpha value is -2.52. The molecule has 1 fully saturated rings. The Morgan fingerprint density at radius 3 is 2.82 bits per heavy atom. The lowest BCUT2D eigenvalue weighted by Crippen LogP contribution is -2.27. The number of aromatic nitrogens is 2. The molecule has 0 atom stereocenters. The van der Waals surface area contributed by atoms with E-state index in [0.29, 0.717) is 35.2 Å². The molecule has 1 saturated carbocycles. The average Bonchev–Trinajstić information content (AvgIpc) is 3.39. The monoisotopic (exact) mass is 407 g/mol. The highest BCUT2D eigenvalue weighted by Crippen LogP contribution is 2.33. The molecule has 0 spiro atoms. The van der Waals surface area contributed by atoms with E-state index in [1.165, 1.54) is 24.5 Å². The smallest absolute Gasteiger partial charge is 0.387 e. The summed E-state index contributed by atoms with van der Waals surface area (Å²) in [6, 6.07) is 7.18. The summed E-state index contributed by atoms with van der Waals surface area (Å²) in [6.07, 6.45) is 2.16. The maximum atomic E-state index is 12.5. The van der Waals surface area contributed by atoms with Crippen LogP contribution in [0.15, 0.2) is 34.4 Å². The molecule has 1 aliphatic rings. The van der Waals surface area contributed by atoms with E-state index in [0.717, 1.165) is 18.4 Å². The highest BCUT2D eigenvalue weighted by atomic mass is 32.1. The SMILES string of the molecule is COc1cc(CN(Cc2nc3ccsc3c(=O)[nH]2)C2CC2)ccc1OC(F)F. The van der Waals surface area contributed by atoms with E-state index in [4.69, 9.17) is 4.74 Å². The molecule has 28 heavy (non-hydrogen) atoms. The van der Waals surface area contributed by atoms with Crippen LogP contribution in [0, 0.1) is 0 Å². The lowest BCUT2D eigenvalue weighted by Gasteiger charge is -2.22. The Morgan fingerprint density at radius 1 is 1.29 bits per heavy atom. The van der Waals surface area contributed by atoms with Crippen molar-refractivity contribution < 1.29 is 18.3 Å². The zero-order valence-corrected chi connectivity index (χ0v) is 16.0. The van der Waals surface area contributed by atoms with Crippen LogP contribution in [-0.4, -0.2) is 34.6 Å². The lowest BCUT2D eigenvalue weighted by atomic mass is 10.2. The van der Waals surface area contributed by atoms with E-state index in [9.17, 15) is 13.6 Å². The van der Waals surface area contributed by atoms with Gasteiger partial charge in [0.05, 0.1) is 19.2 Å². The van der Waals surface area contributed by atoms with Crippen molar-refractivity contribution in [3.8, 4) is 11.5 Å². The Kier molecular flexibility index (Phi) is 5.27. The van der Waals surface area contributed by atoms with E-state index in [1.807, 2.05) is 11.4 Å². The standard InChI is InChI=1S/C19H19F2N3O3S/c1-26-15-8-11(2-5-14(15)27-19(20)21)9-24(12-3-4-12)10-16-22-13-6-7-28-17(13)18(25)23-16/h2,5-8,12,19H,3-4,9-10H2,1H3,(H,22,23,25). The first-order valence-electron chi connectivity index (χ1n) is 8.85. The number of hydrogen-bond donors (Lipinski definition) is 1. The minimum Gasteiger partial charge on any atom is -0.493 e. The van der Waals surface area contributed by atoms with Gasteiger partial charge < -0.3 is 14.5 Å². The third kappa shape index (κ3) is 4.15. The number of aromatic amines is 1. The van der Waals surface area contributed by atoms with Gasteiger partial charge in [-0.15, -0.1) is 11.3 Å². The Bertz CT molecular complexity index is 1030. The minimum atomic E-state index is -2.90. The molecular weight excluding hydrogens is 388 g/mol. The van der Waals surface area contributed by atoms with Gasteiger partial charge in [0.15, 0.2) is 11.5 Å². The van der Waals surface area contributed by atoms with Gasteiger partial charge in [0.2, 0.25) is 0 Å². The predicted octanol–water partition coefficient (Wildman–Crippen LogP) is 3.76. The van der Waals surface area contributed by atoms with Gasteiger partial charge in [-0.1, -0.05) is 6.07 Å². The Balaban J connectivity index is 1.54. The molecule has 1 aliphatic carbocycles. The maximum absolute atomic E-state index is 12.5. The number of rotatable bonds is 8. The molecule has 148 valence electrons. The first-order chi connectivity index (χ1) is 13.5. The number of alkyl halides is 2. The summed E-state index contributed by atoms with van der Waals surface area (Å²) >= 11 is 1.37. The van der Waals surface area contributed by atoms with Crippen molar-refractivity contribution in [2.75, 3.05) is 7.11 Å². The summed E-state index contributed by atoms with van der Waals surface area (Å²) in [5.74, 6) is 0.889. The fourth-order valence-corrected chi connectivity index (χ4v) is 3.91. The minimum absolute atomic E-state index is 0.00753. The normalized spacial score (nSPS) is 14.2. The van der Waals surface area contributed by atoms with Gasteiger partial charge in [-0.2, -0.15) is 8.78 Å². The van der Waals surface area contributed by atoms with Crippen molar-refractivity contribution in [3.05, 3.63) is 51.4 Å². The van der Waals surface area contributed by atoms with Gasteiger partial charge in [-0.25, -0.2) is 4.98 Å². The van der Waals surface area contributed by atoms with Crippen LogP contribution < -0.4 is 15.0 Å². The Morgan fingerprint density at radius 2 is 2.11 bits per heavy atom. The molecule has 0 amide bonds. The highest BCUT2D eigenvalue weighted by molar-refractivity contribution is 7.17. The number of H-pyrrole nitrogens is 1. The van der Waals surface area contributed by atoms with Crippen LogP contribution in [0.5, 0.6) is 11.5 Å². The molecule has 2 aromatic heterocycles. The van der Waals surface area contributed by atoms with Crippen molar-refractivity contribution in [2.24, 2.45) is 0 Å². The third-order valence-electron chi connectivity index (χ3n) is 4.61. The molecule has 0 bridgehead atoms. The van der Waals surface area contributed by atoms with Crippen molar-refractivity contribution in [3.63, 3.8) is 0 Å². The van der Waals surface area contributed by atoms with Gasteiger partial charge in [-0.05, 0) is 42.0 Å².